The number of pyridine rings is 1. The van der Waals surface area contributed by atoms with Gasteiger partial charge < -0.3 is 10.1 Å². The molecule has 0 bridgehead atoms. The monoisotopic (exact) mass is 335 g/mol. The van der Waals surface area contributed by atoms with E-state index in [2.05, 4.69) is 36.3 Å². The molecule has 0 saturated carbocycles. The predicted octanol–water partition coefficient (Wildman–Crippen LogP) is 2.73. The maximum atomic E-state index is 13.1. The number of aromatic nitrogens is 1. The molecule has 2 N–H and O–H groups in total. The highest BCUT2D eigenvalue weighted by atomic mass is 79.9. The number of hydrogen-bond acceptors (Lipinski definition) is 4. The Labute approximate surface area is 117 Å². The lowest BCUT2D eigenvalue weighted by Crippen LogP contribution is -2.35. The van der Waals surface area contributed by atoms with E-state index in [4.69, 9.17) is 12.2 Å². The molecule has 98 valence electrons. The Morgan fingerprint density at radius 1 is 1.67 bits per heavy atom. The van der Waals surface area contributed by atoms with Crippen molar-refractivity contribution in [3.8, 4) is 0 Å². The molecule has 0 radical (unpaired) electrons. The van der Waals surface area contributed by atoms with Gasteiger partial charge in [-0.15, -0.1) is 0 Å². The Hall–Kier alpha value is -1.28. The quantitative estimate of drug-likeness (QED) is 0.813. The number of halogens is 2. The van der Waals surface area contributed by atoms with E-state index in [9.17, 15) is 9.18 Å². The van der Waals surface area contributed by atoms with Crippen molar-refractivity contribution in [3.63, 3.8) is 0 Å². The van der Waals surface area contributed by atoms with Crippen LogP contribution in [0.25, 0.3) is 0 Å². The molecule has 1 amide bonds. The number of amides is 1. The van der Waals surface area contributed by atoms with E-state index in [-0.39, 0.29) is 11.7 Å². The molecule has 0 aliphatic rings. The summed E-state index contributed by atoms with van der Waals surface area (Å²) in [6.45, 7) is 3.59. The van der Waals surface area contributed by atoms with Crippen molar-refractivity contribution in [1.82, 2.24) is 10.3 Å². The molecule has 0 spiro atoms. The molecule has 1 aromatic rings. The standard InChI is InChI=1S/C10H11BrFN3O2S/c1-3-17-10(16)15-9(18)14-8-5(2)7(11)6(12)4-13-8/h4H,3H2,1-2H3,(H2,13,14,15,16,18). The van der Waals surface area contributed by atoms with Crippen LogP contribution >= 0.6 is 28.1 Å². The van der Waals surface area contributed by atoms with Gasteiger partial charge >= 0.3 is 6.09 Å². The second-order valence-corrected chi connectivity index (χ2v) is 4.39. The zero-order valence-electron chi connectivity index (χ0n) is 9.71. The zero-order valence-corrected chi connectivity index (χ0v) is 12.1. The van der Waals surface area contributed by atoms with Crippen molar-refractivity contribution in [2.24, 2.45) is 0 Å². The number of rotatable bonds is 2. The third-order valence-electron chi connectivity index (χ3n) is 1.92. The second-order valence-electron chi connectivity index (χ2n) is 3.19. The van der Waals surface area contributed by atoms with Gasteiger partial charge in [-0.25, -0.2) is 14.2 Å². The van der Waals surface area contributed by atoms with Gasteiger partial charge in [0.25, 0.3) is 0 Å². The Bertz CT molecular complexity index is 484. The van der Waals surface area contributed by atoms with E-state index < -0.39 is 11.9 Å². The zero-order chi connectivity index (χ0) is 13.7. The molecule has 0 saturated heterocycles. The third kappa shape index (κ3) is 3.88. The number of thiocarbonyl (C=S) groups is 1. The lowest BCUT2D eigenvalue weighted by Gasteiger charge is -2.11. The summed E-state index contributed by atoms with van der Waals surface area (Å²) in [5.74, 6) is -0.118. The third-order valence-corrected chi connectivity index (χ3v) is 3.10. The summed E-state index contributed by atoms with van der Waals surface area (Å²) in [4.78, 5) is 14.9. The molecule has 0 aromatic carbocycles. The predicted molar refractivity (Wildman–Crippen MR) is 73.0 cm³/mol. The number of nitrogens with zero attached hydrogens (tertiary/aromatic N) is 1. The normalized spacial score (nSPS) is 9.78. The van der Waals surface area contributed by atoms with Crippen LogP contribution in [-0.4, -0.2) is 22.8 Å². The first kappa shape index (κ1) is 14.8. The molecule has 0 aliphatic heterocycles. The number of nitrogens with one attached hydrogen (secondary N) is 2. The summed E-state index contributed by atoms with van der Waals surface area (Å²) in [5, 5.41) is 5.01. The Kier molecular flexibility index (Phi) is 5.42. The highest BCUT2D eigenvalue weighted by molar-refractivity contribution is 9.10. The molecular weight excluding hydrogens is 325 g/mol. The van der Waals surface area contributed by atoms with Gasteiger partial charge in [0.05, 0.1) is 17.3 Å². The minimum Gasteiger partial charge on any atom is -0.450 e. The minimum atomic E-state index is -0.658. The van der Waals surface area contributed by atoms with Crippen LogP contribution in [0.15, 0.2) is 10.7 Å². The summed E-state index contributed by atoms with van der Waals surface area (Å²) in [6.07, 6.45) is 0.390. The number of anilines is 1. The first-order chi connectivity index (χ1) is 8.45. The van der Waals surface area contributed by atoms with Crippen molar-refractivity contribution in [2.45, 2.75) is 13.8 Å². The fourth-order valence-electron chi connectivity index (χ4n) is 1.08. The molecule has 8 heteroatoms. The lowest BCUT2D eigenvalue weighted by atomic mass is 10.3. The number of alkyl carbamates (subject to hydrolysis) is 1. The molecule has 1 heterocycles. The maximum Gasteiger partial charge on any atom is 0.413 e. The van der Waals surface area contributed by atoms with Crippen molar-refractivity contribution in [1.29, 1.82) is 0 Å². The number of ether oxygens (including phenoxy) is 1. The Morgan fingerprint density at radius 2 is 2.33 bits per heavy atom. The highest BCUT2D eigenvalue weighted by Crippen LogP contribution is 2.24. The van der Waals surface area contributed by atoms with Crippen molar-refractivity contribution in [3.05, 3.63) is 22.1 Å². The molecule has 18 heavy (non-hydrogen) atoms. The van der Waals surface area contributed by atoms with E-state index in [0.29, 0.717) is 15.9 Å². The SMILES string of the molecule is CCOC(=O)NC(=S)Nc1ncc(F)c(Br)c1C. The fraction of sp³-hybridized carbons (Fsp3) is 0.300. The van der Waals surface area contributed by atoms with Gasteiger partial charge in [0.1, 0.15) is 5.82 Å². The summed E-state index contributed by atoms with van der Waals surface area (Å²) in [5.41, 5.74) is 0.544. The second kappa shape index (κ2) is 6.60. The van der Waals surface area contributed by atoms with E-state index >= 15 is 0 Å². The summed E-state index contributed by atoms with van der Waals surface area (Å²) in [6, 6.07) is 0. The van der Waals surface area contributed by atoms with Crippen molar-refractivity contribution < 1.29 is 13.9 Å². The molecule has 0 atom stereocenters. The van der Waals surface area contributed by atoms with Crippen LogP contribution in [-0.2, 0) is 4.74 Å². The Morgan fingerprint density at radius 3 is 2.94 bits per heavy atom. The van der Waals surface area contributed by atoms with Crippen LogP contribution in [0.1, 0.15) is 12.5 Å². The van der Waals surface area contributed by atoms with E-state index in [1.54, 1.807) is 13.8 Å². The van der Waals surface area contributed by atoms with Gasteiger partial charge in [0.2, 0.25) is 0 Å². The van der Waals surface area contributed by atoms with Gasteiger partial charge in [-0.2, -0.15) is 0 Å². The van der Waals surface area contributed by atoms with Gasteiger partial charge in [-0.1, -0.05) is 0 Å². The van der Waals surface area contributed by atoms with Crippen LogP contribution in [0.2, 0.25) is 0 Å². The van der Waals surface area contributed by atoms with Gasteiger partial charge in [0.15, 0.2) is 10.9 Å². The van der Waals surface area contributed by atoms with Crippen LogP contribution in [0.5, 0.6) is 0 Å². The van der Waals surface area contributed by atoms with Gasteiger partial charge in [-0.05, 0) is 42.0 Å². The van der Waals surface area contributed by atoms with E-state index in [0.717, 1.165) is 6.20 Å². The van der Waals surface area contributed by atoms with Crippen LogP contribution in [0.4, 0.5) is 15.0 Å². The molecule has 0 unspecified atom stereocenters. The molecule has 0 fully saturated rings. The summed E-state index contributed by atoms with van der Waals surface area (Å²) >= 11 is 7.98. The largest absolute Gasteiger partial charge is 0.450 e. The van der Waals surface area contributed by atoms with Crippen molar-refractivity contribution >= 4 is 45.2 Å². The lowest BCUT2D eigenvalue weighted by molar-refractivity contribution is 0.158. The average molecular weight is 336 g/mol. The molecule has 1 rings (SSSR count). The summed E-state index contributed by atoms with van der Waals surface area (Å²) in [7, 11) is 0. The average Bonchev–Trinajstić information content (AvgIpc) is 2.30. The van der Waals surface area contributed by atoms with Crippen LogP contribution in [0, 0.1) is 12.7 Å². The summed E-state index contributed by atoms with van der Waals surface area (Å²) < 4.78 is 18.1. The highest BCUT2D eigenvalue weighted by Gasteiger charge is 2.11. The number of hydrogen-bond donors (Lipinski definition) is 2. The Balaban J connectivity index is 2.71. The smallest absolute Gasteiger partial charge is 0.413 e. The molecular formula is C10H11BrFN3O2S. The molecule has 0 aliphatic carbocycles. The van der Waals surface area contributed by atoms with Crippen LogP contribution < -0.4 is 10.6 Å². The molecule has 1 aromatic heterocycles. The van der Waals surface area contributed by atoms with Crippen molar-refractivity contribution in [2.75, 3.05) is 11.9 Å². The molecule has 5 nitrogen and oxygen atoms in total. The minimum absolute atomic E-state index is 0.0301. The first-order valence-corrected chi connectivity index (χ1v) is 6.21. The number of carbonyl (C=O) groups is 1. The van der Waals surface area contributed by atoms with E-state index in [1.807, 2.05) is 0 Å². The maximum absolute atomic E-state index is 13.1. The van der Waals surface area contributed by atoms with Crippen LogP contribution in [0.3, 0.4) is 0 Å². The van der Waals surface area contributed by atoms with E-state index in [1.165, 1.54) is 0 Å². The van der Waals surface area contributed by atoms with Gasteiger partial charge in [0, 0.05) is 5.56 Å². The topological polar surface area (TPSA) is 63.2 Å². The number of carbonyl (C=O) groups excluding carboxylic acids is 1. The van der Waals surface area contributed by atoms with Gasteiger partial charge in [-0.3, -0.25) is 5.32 Å². The fourth-order valence-corrected chi connectivity index (χ4v) is 1.55. The first-order valence-electron chi connectivity index (χ1n) is 5.01.